The average Bonchev–Trinajstić information content (AvgIpc) is 3.22. The third kappa shape index (κ3) is 5.66. The normalized spacial score (nSPS) is 16.7. The van der Waals surface area contributed by atoms with E-state index in [2.05, 4.69) is 10.6 Å². The lowest BCUT2D eigenvalue weighted by atomic mass is 10.1. The third-order valence-corrected chi connectivity index (χ3v) is 3.87. The maximum Gasteiger partial charge on any atom is 0.275 e. The van der Waals surface area contributed by atoms with Crippen LogP contribution in [-0.2, 0) is 9.59 Å². The summed E-state index contributed by atoms with van der Waals surface area (Å²) in [6.07, 6.45) is 2.15. The number of rotatable bonds is 7. The van der Waals surface area contributed by atoms with Crippen LogP contribution in [-0.4, -0.2) is 38.0 Å². The Labute approximate surface area is 136 Å². The Morgan fingerprint density at radius 3 is 2.41 bits per heavy atom. The summed E-state index contributed by atoms with van der Waals surface area (Å²) >= 11 is 5.85. The zero-order chi connectivity index (χ0) is 16.1. The summed E-state index contributed by atoms with van der Waals surface area (Å²) < 4.78 is 0. The van der Waals surface area contributed by atoms with E-state index in [0.29, 0.717) is 17.6 Å². The van der Waals surface area contributed by atoms with E-state index in [-0.39, 0.29) is 24.4 Å². The van der Waals surface area contributed by atoms with Crippen LogP contribution in [0, 0.1) is 0 Å². The molecule has 1 aliphatic rings. The number of quaternary nitrogens is 1. The number of hydrogen-bond acceptors (Lipinski definition) is 2. The summed E-state index contributed by atoms with van der Waals surface area (Å²) in [5.74, 6) is -0.0577. The lowest BCUT2D eigenvalue weighted by Gasteiger charge is -2.17. The van der Waals surface area contributed by atoms with E-state index in [1.54, 1.807) is 12.1 Å². The van der Waals surface area contributed by atoms with Crippen LogP contribution in [0.15, 0.2) is 24.3 Å². The number of halogens is 1. The molecule has 2 atom stereocenters. The number of carbonyl (C=O) groups is 2. The molecule has 6 heteroatoms. The SMILES string of the molecule is C[C@@H](NC(=O)C[NH+](C)CC(=O)NC1CC1)c1ccc(Cl)cc1. The highest BCUT2D eigenvalue weighted by Gasteiger charge is 2.25. The first-order valence-electron chi connectivity index (χ1n) is 7.59. The van der Waals surface area contributed by atoms with E-state index >= 15 is 0 Å². The van der Waals surface area contributed by atoms with Crippen molar-refractivity contribution in [3.8, 4) is 0 Å². The number of amides is 2. The van der Waals surface area contributed by atoms with E-state index in [1.165, 1.54) is 0 Å². The lowest BCUT2D eigenvalue weighted by molar-refractivity contribution is -0.862. The Balaban J connectivity index is 1.73. The van der Waals surface area contributed by atoms with Gasteiger partial charge in [-0.1, -0.05) is 23.7 Å². The molecule has 5 nitrogen and oxygen atoms in total. The van der Waals surface area contributed by atoms with Crippen molar-refractivity contribution in [3.05, 3.63) is 34.9 Å². The van der Waals surface area contributed by atoms with Crippen LogP contribution in [0.5, 0.6) is 0 Å². The van der Waals surface area contributed by atoms with E-state index in [0.717, 1.165) is 23.3 Å². The predicted molar refractivity (Wildman–Crippen MR) is 85.8 cm³/mol. The van der Waals surface area contributed by atoms with Gasteiger partial charge in [0.15, 0.2) is 13.1 Å². The summed E-state index contributed by atoms with van der Waals surface area (Å²) in [5, 5.41) is 6.54. The zero-order valence-corrected chi connectivity index (χ0v) is 13.7. The van der Waals surface area contributed by atoms with E-state index < -0.39 is 0 Å². The predicted octanol–water partition coefficient (Wildman–Crippen LogP) is 0.311. The molecule has 0 saturated heterocycles. The molecule has 1 fully saturated rings. The first kappa shape index (κ1) is 16.8. The summed E-state index contributed by atoms with van der Waals surface area (Å²) in [5.41, 5.74) is 1.00. The highest BCUT2D eigenvalue weighted by atomic mass is 35.5. The largest absolute Gasteiger partial charge is 0.348 e. The number of carbonyl (C=O) groups excluding carboxylic acids is 2. The monoisotopic (exact) mass is 324 g/mol. The Bertz CT molecular complexity index is 529. The van der Waals surface area contributed by atoms with Crippen molar-refractivity contribution in [3.63, 3.8) is 0 Å². The molecular formula is C16H23ClN3O2+. The van der Waals surface area contributed by atoms with Gasteiger partial charge in [0, 0.05) is 11.1 Å². The van der Waals surface area contributed by atoms with Gasteiger partial charge >= 0.3 is 0 Å². The average molecular weight is 325 g/mol. The first-order chi connectivity index (χ1) is 10.4. The van der Waals surface area contributed by atoms with Crippen LogP contribution in [0.1, 0.15) is 31.4 Å². The molecule has 0 radical (unpaired) electrons. The Morgan fingerprint density at radius 1 is 1.23 bits per heavy atom. The minimum absolute atomic E-state index is 0.0125. The molecule has 0 heterocycles. The summed E-state index contributed by atoms with van der Waals surface area (Å²) in [6, 6.07) is 7.68. The zero-order valence-electron chi connectivity index (χ0n) is 13.0. The summed E-state index contributed by atoms with van der Waals surface area (Å²) in [4.78, 5) is 24.6. The summed E-state index contributed by atoms with van der Waals surface area (Å²) in [6.45, 7) is 2.52. The van der Waals surface area contributed by atoms with Gasteiger partial charge in [0.25, 0.3) is 11.8 Å². The quantitative estimate of drug-likeness (QED) is 0.676. The van der Waals surface area contributed by atoms with Gasteiger partial charge in [-0.25, -0.2) is 0 Å². The Kier molecular flexibility index (Phi) is 5.80. The van der Waals surface area contributed by atoms with Crippen molar-refractivity contribution >= 4 is 23.4 Å². The van der Waals surface area contributed by atoms with Crippen LogP contribution in [0.25, 0.3) is 0 Å². The maximum atomic E-state index is 12.0. The van der Waals surface area contributed by atoms with Crippen molar-refractivity contribution in [1.29, 1.82) is 0 Å². The van der Waals surface area contributed by atoms with E-state index in [9.17, 15) is 9.59 Å². The fraction of sp³-hybridized carbons (Fsp3) is 0.500. The van der Waals surface area contributed by atoms with Crippen LogP contribution >= 0.6 is 11.6 Å². The molecule has 1 aromatic carbocycles. The van der Waals surface area contributed by atoms with Gasteiger partial charge in [-0.3, -0.25) is 9.59 Å². The summed E-state index contributed by atoms with van der Waals surface area (Å²) in [7, 11) is 1.85. The number of hydrogen-bond donors (Lipinski definition) is 3. The molecule has 0 aromatic heterocycles. The molecule has 0 aliphatic heterocycles. The topological polar surface area (TPSA) is 62.6 Å². The van der Waals surface area contributed by atoms with Crippen molar-refractivity contribution < 1.29 is 14.5 Å². The van der Waals surface area contributed by atoms with Crippen LogP contribution in [0.3, 0.4) is 0 Å². The van der Waals surface area contributed by atoms with E-state index in [4.69, 9.17) is 11.6 Å². The van der Waals surface area contributed by atoms with Crippen molar-refractivity contribution in [2.75, 3.05) is 20.1 Å². The fourth-order valence-corrected chi connectivity index (χ4v) is 2.37. The number of benzene rings is 1. The minimum Gasteiger partial charge on any atom is -0.348 e. The lowest BCUT2D eigenvalue weighted by Crippen LogP contribution is -3.11. The minimum atomic E-state index is -0.0853. The second-order valence-corrected chi connectivity index (χ2v) is 6.43. The second-order valence-electron chi connectivity index (χ2n) is 5.99. The molecule has 3 N–H and O–H groups in total. The fourth-order valence-electron chi connectivity index (χ4n) is 2.24. The molecule has 1 aromatic rings. The molecule has 2 amide bonds. The van der Waals surface area contributed by atoms with Crippen LogP contribution in [0.2, 0.25) is 5.02 Å². The first-order valence-corrected chi connectivity index (χ1v) is 7.97. The molecule has 120 valence electrons. The smallest absolute Gasteiger partial charge is 0.275 e. The molecule has 1 unspecified atom stereocenters. The second kappa shape index (κ2) is 7.61. The standard InChI is InChI=1S/C16H22ClN3O2/c1-11(12-3-5-13(17)6-4-12)18-15(21)9-20(2)10-16(22)19-14-7-8-14/h3-6,11,14H,7-10H2,1-2H3,(H,18,21)(H,19,22)/p+1/t11-/m1/s1. The van der Waals surface area contributed by atoms with Gasteiger partial charge < -0.3 is 15.5 Å². The number of nitrogens with one attached hydrogen (secondary N) is 3. The molecule has 1 saturated carbocycles. The molecule has 0 bridgehead atoms. The van der Waals surface area contributed by atoms with Gasteiger partial charge in [-0.05, 0) is 37.5 Å². The van der Waals surface area contributed by atoms with Gasteiger partial charge in [-0.15, -0.1) is 0 Å². The maximum absolute atomic E-state index is 12.0. The molecule has 1 aliphatic carbocycles. The van der Waals surface area contributed by atoms with Crippen LogP contribution in [0.4, 0.5) is 0 Å². The van der Waals surface area contributed by atoms with Crippen molar-refractivity contribution in [1.82, 2.24) is 10.6 Å². The highest BCUT2D eigenvalue weighted by molar-refractivity contribution is 6.30. The molecular weight excluding hydrogens is 302 g/mol. The van der Waals surface area contributed by atoms with Gasteiger partial charge in [0.1, 0.15) is 0 Å². The van der Waals surface area contributed by atoms with Gasteiger partial charge in [0.2, 0.25) is 0 Å². The van der Waals surface area contributed by atoms with Crippen molar-refractivity contribution in [2.45, 2.75) is 31.8 Å². The Hall–Kier alpha value is -1.59. The van der Waals surface area contributed by atoms with E-state index in [1.807, 2.05) is 26.1 Å². The third-order valence-electron chi connectivity index (χ3n) is 3.61. The number of likely N-dealkylation sites (N-methyl/N-ethyl adjacent to an activating group) is 1. The van der Waals surface area contributed by atoms with Gasteiger partial charge in [0.05, 0.1) is 13.1 Å². The van der Waals surface area contributed by atoms with Crippen molar-refractivity contribution in [2.24, 2.45) is 0 Å². The van der Waals surface area contributed by atoms with Gasteiger partial charge in [-0.2, -0.15) is 0 Å². The van der Waals surface area contributed by atoms with Crippen LogP contribution < -0.4 is 15.5 Å². The Morgan fingerprint density at radius 2 is 1.82 bits per heavy atom. The molecule has 2 rings (SSSR count). The molecule has 22 heavy (non-hydrogen) atoms. The highest BCUT2D eigenvalue weighted by Crippen LogP contribution is 2.18. The molecule has 0 spiro atoms.